The predicted molar refractivity (Wildman–Crippen MR) is 323 cm³/mol. The van der Waals surface area contributed by atoms with Gasteiger partial charge in [-0.2, -0.15) is 4.31 Å². The number of rotatable bonds is 35. The number of anilines is 1. The number of pyridine rings is 2. The Morgan fingerprint density at radius 1 is 0.862 bits per heavy atom. The van der Waals surface area contributed by atoms with Crippen molar-refractivity contribution in [3.8, 4) is 11.4 Å². The van der Waals surface area contributed by atoms with Gasteiger partial charge in [-0.1, -0.05) is 55.8 Å². The highest BCUT2D eigenvalue weighted by atomic mass is 32.2. The van der Waals surface area contributed by atoms with Gasteiger partial charge in [-0.3, -0.25) is 24.0 Å². The molecule has 87 heavy (non-hydrogen) atoms. The monoisotopic (exact) mass is 1240 g/mol. The predicted octanol–water partition coefficient (Wildman–Crippen LogP) is 7.11. The average molecular weight is 1240 g/mol. The van der Waals surface area contributed by atoms with Crippen LogP contribution >= 0.6 is 0 Å². The minimum absolute atomic E-state index is 0.110. The number of allylic oxidation sites excluding steroid dienone is 1. The van der Waals surface area contributed by atoms with E-state index in [9.17, 15) is 50.4 Å². The number of unbranched alkanes of at least 4 members (excludes halogenated alkanes) is 2. The van der Waals surface area contributed by atoms with E-state index in [0.717, 1.165) is 22.8 Å². The van der Waals surface area contributed by atoms with Gasteiger partial charge in [0.2, 0.25) is 36.5 Å². The van der Waals surface area contributed by atoms with Crippen LogP contribution in [0.25, 0.3) is 28.4 Å². The van der Waals surface area contributed by atoms with Crippen molar-refractivity contribution in [1.29, 1.82) is 0 Å². The number of ketones is 3. The summed E-state index contributed by atoms with van der Waals surface area (Å²) in [4.78, 5) is 106. The summed E-state index contributed by atoms with van der Waals surface area (Å²) >= 11 is 0. The van der Waals surface area contributed by atoms with Crippen LogP contribution in [-0.4, -0.2) is 134 Å². The zero-order valence-electron chi connectivity index (χ0n) is 49.9. The van der Waals surface area contributed by atoms with Crippen molar-refractivity contribution in [3.05, 3.63) is 117 Å². The third-order valence-electron chi connectivity index (χ3n) is 15.1. The van der Waals surface area contributed by atoms with Gasteiger partial charge in [0.1, 0.15) is 32.2 Å². The molecule has 3 aromatic heterocycles. The highest BCUT2D eigenvalue weighted by molar-refractivity contribution is 7.90. The average Bonchev–Trinajstić information content (AvgIpc) is 1.68. The molecule has 468 valence electrons. The van der Waals surface area contributed by atoms with Gasteiger partial charge in [-0.15, -0.1) is 0 Å². The Hall–Kier alpha value is -7.42. The number of Topliss-reactive ketones (excluding diaryl/α,β-unsaturated/α-hetero) is 3. The first-order valence-electron chi connectivity index (χ1n) is 29.2. The second-order valence-electron chi connectivity index (χ2n) is 22.0. The van der Waals surface area contributed by atoms with Crippen molar-refractivity contribution >= 4 is 77.9 Å². The Morgan fingerprint density at radius 3 is 2.23 bits per heavy atom. The van der Waals surface area contributed by atoms with E-state index in [-0.39, 0.29) is 98.5 Å². The first-order chi connectivity index (χ1) is 41.5. The minimum Gasteiger partial charge on any atom is -0.457 e. The van der Waals surface area contributed by atoms with Gasteiger partial charge < -0.3 is 39.3 Å². The SMILES string of the molecule is CC[C@@]1(OC(=O)OCc2ccc(NC(=O)[C@H](CCCCN)CC(=O)COCC(=O)CCCOCCCC(=O)CCC/C=C/c3cnc(S(C)(=O)=O)nc3)cc2)C(=O)OCc2c1cc1n(c2=O)Cc2c-1nc1ccccc1c2CCN(C(C)C)S(C)(=O)=O. The Bertz CT molecular complexity index is 3630. The van der Waals surface area contributed by atoms with Crippen molar-refractivity contribution in [2.75, 3.05) is 57.3 Å². The molecule has 0 saturated carbocycles. The second kappa shape index (κ2) is 31.0. The smallest absolute Gasteiger partial charge is 0.457 e. The number of sulfone groups is 1. The molecule has 25 heteroatoms. The van der Waals surface area contributed by atoms with E-state index in [0.29, 0.717) is 118 Å². The highest BCUT2D eigenvalue weighted by Crippen LogP contribution is 2.42. The number of sulfonamides is 1. The first kappa shape index (κ1) is 67.1. The summed E-state index contributed by atoms with van der Waals surface area (Å²) in [5.74, 6) is -2.45. The Morgan fingerprint density at radius 2 is 1.55 bits per heavy atom. The summed E-state index contributed by atoms with van der Waals surface area (Å²) in [6.45, 7) is 5.37. The summed E-state index contributed by atoms with van der Waals surface area (Å²) in [6, 6.07) is 15.2. The quantitative estimate of drug-likeness (QED) is 0.0227. The molecule has 2 atom stereocenters. The summed E-state index contributed by atoms with van der Waals surface area (Å²) in [5, 5.41) is 3.43. The molecule has 0 radical (unpaired) electrons. The van der Waals surface area contributed by atoms with Gasteiger partial charge in [-0.05, 0) is 107 Å². The summed E-state index contributed by atoms with van der Waals surface area (Å²) < 4.78 is 79.4. The third-order valence-corrected chi connectivity index (χ3v) is 17.4. The fourth-order valence-electron chi connectivity index (χ4n) is 10.6. The lowest BCUT2D eigenvalue weighted by atomic mass is 9.85. The molecule has 0 spiro atoms. The van der Waals surface area contributed by atoms with Crippen LogP contribution in [0.15, 0.2) is 83.0 Å². The van der Waals surface area contributed by atoms with E-state index in [2.05, 4.69) is 15.3 Å². The van der Waals surface area contributed by atoms with Gasteiger partial charge in [0.05, 0.1) is 35.3 Å². The zero-order valence-corrected chi connectivity index (χ0v) is 51.5. The molecule has 1 amide bonds. The van der Waals surface area contributed by atoms with Crippen molar-refractivity contribution < 1.29 is 69.3 Å². The van der Waals surface area contributed by atoms with Crippen LogP contribution in [0.4, 0.5) is 10.5 Å². The summed E-state index contributed by atoms with van der Waals surface area (Å²) in [7, 11) is -7.00. The molecular formula is C62H77N7O16S2. The minimum atomic E-state index is -3.54. The maximum Gasteiger partial charge on any atom is 0.510 e. The van der Waals surface area contributed by atoms with Crippen molar-refractivity contribution in [1.82, 2.24) is 23.8 Å². The molecular weight excluding hydrogens is 1160 g/mol. The standard InChI is InChI=1S/C62H77N7O16S2/c1-6-62(53-33-55-56-51(36-68(55)58(74)52(53)40-83-59(62)75)49(50-21-10-11-22-54(50)67-56)27-29-69(41(2)3)87(5,79)80)85-61(76)84-37-42-23-25-45(26-24-42)66-57(73)44(17-12-13-28-63)32-48(72)39-82-38-47(71)20-15-31-81-30-14-19-46(70)18-9-7-8-16-43-34-64-60(65-35-43)86(4,77)78/h8,10-11,16,21-26,33-35,41,44H,6-7,9,12-15,17-20,27-32,36-40,63H2,1-5H3,(H,66,73)/b16-8+/t44-,62+/m1/s1. The van der Waals surface area contributed by atoms with Crippen molar-refractivity contribution in [2.45, 2.75) is 141 Å². The van der Waals surface area contributed by atoms with E-state index in [1.54, 1.807) is 47.9 Å². The number of carbonyl (C=O) groups is 6. The number of ether oxygens (including phenoxy) is 5. The molecule has 2 aromatic carbocycles. The summed E-state index contributed by atoms with van der Waals surface area (Å²) in [6.07, 6.45) is 12.5. The number of amides is 1. The van der Waals surface area contributed by atoms with Crippen LogP contribution in [0.2, 0.25) is 0 Å². The molecule has 0 saturated heterocycles. The number of hydrogen-bond donors (Lipinski definition) is 2. The number of para-hydroxylation sites is 1. The zero-order chi connectivity index (χ0) is 62.9. The highest BCUT2D eigenvalue weighted by Gasteiger charge is 2.51. The van der Waals surface area contributed by atoms with E-state index in [1.165, 1.54) is 23.0 Å². The lowest BCUT2D eigenvalue weighted by molar-refractivity contribution is -0.175. The molecule has 0 aliphatic carbocycles. The van der Waals surface area contributed by atoms with Crippen molar-refractivity contribution in [2.24, 2.45) is 11.7 Å². The van der Waals surface area contributed by atoms with Crippen LogP contribution in [0.1, 0.15) is 131 Å². The second-order valence-corrected chi connectivity index (χ2v) is 25.9. The van der Waals surface area contributed by atoms with Crippen molar-refractivity contribution in [3.63, 3.8) is 0 Å². The van der Waals surface area contributed by atoms with Gasteiger partial charge in [0.25, 0.3) is 5.56 Å². The third kappa shape index (κ3) is 18.1. The number of aromatic nitrogens is 4. The lowest BCUT2D eigenvalue weighted by Crippen LogP contribution is -2.47. The van der Waals surface area contributed by atoms with E-state index >= 15 is 0 Å². The van der Waals surface area contributed by atoms with E-state index < -0.39 is 55.0 Å². The number of hydrogen-bond acceptors (Lipinski definition) is 20. The first-order valence-corrected chi connectivity index (χ1v) is 32.9. The number of fused-ring (bicyclic) bond motifs is 5. The molecule has 0 fully saturated rings. The number of nitrogens with one attached hydrogen (secondary N) is 1. The Balaban J connectivity index is 0.846. The number of esters is 1. The summed E-state index contributed by atoms with van der Waals surface area (Å²) in [5.41, 5.74) is 8.14. The maximum absolute atomic E-state index is 14.4. The number of nitrogens with two attached hydrogens (primary N) is 1. The van der Waals surface area contributed by atoms with E-state index in [4.69, 9.17) is 34.4 Å². The Labute approximate surface area is 506 Å². The van der Waals surface area contributed by atoms with Gasteiger partial charge in [-0.25, -0.2) is 41.4 Å². The van der Waals surface area contributed by atoms with Gasteiger partial charge in [0, 0.05) is 104 Å². The van der Waals surface area contributed by atoms with Crippen LogP contribution in [0.5, 0.6) is 0 Å². The molecule has 0 unspecified atom stereocenters. The maximum atomic E-state index is 14.4. The number of nitrogens with zero attached hydrogens (tertiary/aromatic N) is 5. The van der Waals surface area contributed by atoms with Crippen LogP contribution in [0, 0.1) is 5.92 Å². The fourth-order valence-corrected chi connectivity index (χ4v) is 12.3. The number of carbonyl (C=O) groups excluding carboxylic acids is 6. The molecule has 3 N–H and O–H groups in total. The van der Waals surface area contributed by atoms with Crippen LogP contribution in [0.3, 0.4) is 0 Å². The lowest BCUT2D eigenvalue weighted by Gasteiger charge is -2.35. The van der Waals surface area contributed by atoms with E-state index in [1.807, 2.05) is 44.2 Å². The van der Waals surface area contributed by atoms with Crippen LogP contribution in [-0.2, 0) is 99.3 Å². The molecule has 2 aliphatic heterocycles. The largest absolute Gasteiger partial charge is 0.510 e. The molecule has 5 heterocycles. The fraction of sp³-hybridized carbons (Fsp3) is 0.484. The topological polar surface area (TPSA) is 319 Å². The molecule has 5 aromatic rings. The molecule has 0 bridgehead atoms. The molecule has 23 nitrogen and oxygen atoms in total. The van der Waals surface area contributed by atoms with Gasteiger partial charge >= 0.3 is 12.1 Å². The number of cyclic esters (lactones) is 1. The Kier molecular flexibility index (Phi) is 23.9. The number of benzene rings is 2. The van der Waals surface area contributed by atoms with Gasteiger partial charge in [0.15, 0.2) is 11.6 Å². The van der Waals surface area contributed by atoms with Crippen LogP contribution < -0.4 is 16.6 Å². The molecule has 2 aliphatic rings. The normalized spacial score (nSPS) is 15.1. The molecule has 7 rings (SSSR count).